The van der Waals surface area contributed by atoms with Gasteiger partial charge in [0.05, 0.1) is 12.5 Å². The van der Waals surface area contributed by atoms with Crippen molar-refractivity contribution in [3.8, 4) is 17.2 Å². The molecule has 5 rings (SSSR count). The van der Waals surface area contributed by atoms with Crippen molar-refractivity contribution in [2.75, 3.05) is 6.61 Å². The third kappa shape index (κ3) is 5.31. The average Bonchev–Trinajstić information content (AvgIpc) is 2.87. The number of ether oxygens (including phenoxy) is 3. The minimum Gasteiger partial charge on any atom is -0.507 e. The zero-order valence-corrected chi connectivity index (χ0v) is 20.8. The minimum absolute atomic E-state index is 0.0199. The summed E-state index contributed by atoms with van der Waals surface area (Å²) >= 11 is 0. The van der Waals surface area contributed by atoms with Crippen molar-refractivity contribution >= 4 is 29.9 Å². The molecule has 3 aliphatic rings. The molecule has 0 saturated carbocycles. The van der Waals surface area contributed by atoms with E-state index in [4.69, 9.17) is 14.2 Å². The van der Waals surface area contributed by atoms with Gasteiger partial charge < -0.3 is 19.3 Å². The van der Waals surface area contributed by atoms with Gasteiger partial charge in [-0.15, -0.1) is 0 Å². The van der Waals surface area contributed by atoms with Crippen LogP contribution in [0.2, 0.25) is 0 Å². The Morgan fingerprint density at radius 2 is 1.81 bits per heavy atom. The van der Waals surface area contributed by atoms with E-state index in [1.54, 1.807) is 19.1 Å². The SMILES string of the molecule is C[C@H]1CCCC(=O)CCCC=Cc2cc3c(c(O)c2C(=O)O1)[C@H](C1=Cc2ccccc2OC1)CC(=O)O3. The summed E-state index contributed by atoms with van der Waals surface area (Å²) < 4.78 is 17.2. The lowest BCUT2D eigenvalue weighted by molar-refractivity contribution is -0.135. The monoisotopic (exact) mass is 502 g/mol. The van der Waals surface area contributed by atoms with Gasteiger partial charge in [0.15, 0.2) is 0 Å². The maximum atomic E-state index is 13.3. The van der Waals surface area contributed by atoms with E-state index in [0.29, 0.717) is 49.7 Å². The van der Waals surface area contributed by atoms with Gasteiger partial charge in [-0.05, 0) is 62.0 Å². The van der Waals surface area contributed by atoms with Gasteiger partial charge in [-0.1, -0.05) is 30.4 Å². The summed E-state index contributed by atoms with van der Waals surface area (Å²) in [6.07, 6.45) is 8.65. The second-order valence-electron chi connectivity index (χ2n) is 9.82. The molecule has 0 bridgehead atoms. The highest BCUT2D eigenvalue weighted by Crippen LogP contribution is 2.48. The van der Waals surface area contributed by atoms with Crippen LogP contribution in [0.3, 0.4) is 0 Å². The predicted octanol–water partition coefficient (Wildman–Crippen LogP) is 5.74. The van der Waals surface area contributed by atoms with Crippen LogP contribution >= 0.6 is 0 Å². The van der Waals surface area contributed by atoms with Gasteiger partial charge >= 0.3 is 11.9 Å². The highest BCUT2D eigenvalue weighted by molar-refractivity contribution is 5.98. The molecule has 7 heteroatoms. The van der Waals surface area contributed by atoms with E-state index in [0.717, 1.165) is 16.9 Å². The number of esters is 2. The Kier molecular flexibility index (Phi) is 7.12. The number of Topliss-reactive ketones (excluding diaryl/α,β-unsaturated/α-hetero) is 1. The van der Waals surface area contributed by atoms with Crippen LogP contribution in [0.15, 0.2) is 42.0 Å². The number of ketones is 1. The van der Waals surface area contributed by atoms with E-state index < -0.39 is 24.0 Å². The number of cyclic esters (lactones) is 1. The number of phenols is 1. The first-order chi connectivity index (χ1) is 17.9. The summed E-state index contributed by atoms with van der Waals surface area (Å²) in [5.74, 6) is -0.640. The first-order valence-electron chi connectivity index (χ1n) is 12.8. The predicted molar refractivity (Wildman–Crippen MR) is 138 cm³/mol. The Labute approximate surface area is 215 Å². The molecule has 0 radical (unpaired) electrons. The van der Waals surface area contributed by atoms with E-state index in [-0.39, 0.29) is 35.9 Å². The van der Waals surface area contributed by atoms with Crippen LogP contribution in [0.4, 0.5) is 0 Å². The smallest absolute Gasteiger partial charge is 0.342 e. The van der Waals surface area contributed by atoms with Gasteiger partial charge in [0.2, 0.25) is 0 Å². The van der Waals surface area contributed by atoms with Gasteiger partial charge in [0, 0.05) is 29.9 Å². The lowest BCUT2D eigenvalue weighted by Crippen LogP contribution is -2.26. The number of carbonyl (C=O) groups is 3. The third-order valence-corrected chi connectivity index (χ3v) is 7.08. The number of hydrogen-bond acceptors (Lipinski definition) is 7. The molecule has 2 aromatic rings. The second-order valence-corrected chi connectivity index (χ2v) is 9.82. The van der Waals surface area contributed by atoms with E-state index in [2.05, 4.69) is 0 Å². The molecule has 3 aliphatic heterocycles. The van der Waals surface area contributed by atoms with Crippen LogP contribution in [0.5, 0.6) is 17.2 Å². The standard InChI is InChI=1S/C30H30O7/c1-18-8-7-12-22(31)11-4-2-3-10-20-15-25-28(29(33)27(20)30(34)36-18)23(16-26(32)37-25)21-14-19-9-5-6-13-24(19)35-17-21/h3,5-6,9-10,13-15,18,23,33H,2,4,7-8,11-12,16-17H2,1H3/t18-,23-/m0/s1. The molecule has 3 heterocycles. The van der Waals surface area contributed by atoms with E-state index >= 15 is 0 Å². The fraction of sp³-hybridized carbons (Fsp3) is 0.367. The van der Waals surface area contributed by atoms with E-state index in [9.17, 15) is 19.5 Å². The molecule has 0 aromatic heterocycles. The zero-order valence-electron chi connectivity index (χ0n) is 20.8. The highest BCUT2D eigenvalue weighted by atomic mass is 16.5. The van der Waals surface area contributed by atoms with Crippen molar-refractivity contribution in [3.05, 3.63) is 64.2 Å². The maximum absolute atomic E-state index is 13.3. The van der Waals surface area contributed by atoms with Gasteiger partial charge in [-0.3, -0.25) is 9.59 Å². The molecule has 0 amide bonds. The van der Waals surface area contributed by atoms with Crippen LogP contribution < -0.4 is 9.47 Å². The summed E-state index contributed by atoms with van der Waals surface area (Å²) in [6.45, 7) is 2.04. The number of aromatic hydroxyl groups is 1. The van der Waals surface area contributed by atoms with E-state index in [1.807, 2.05) is 36.4 Å². The molecule has 37 heavy (non-hydrogen) atoms. The normalized spacial score (nSPS) is 22.3. The van der Waals surface area contributed by atoms with Crippen molar-refractivity contribution in [1.82, 2.24) is 0 Å². The van der Waals surface area contributed by atoms with Gasteiger partial charge in [-0.2, -0.15) is 0 Å². The van der Waals surface area contributed by atoms with Crippen molar-refractivity contribution < 1.29 is 33.7 Å². The number of para-hydroxylation sites is 1. The third-order valence-electron chi connectivity index (χ3n) is 7.08. The number of benzene rings is 2. The fourth-order valence-corrected chi connectivity index (χ4v) is 5.17. The summed E-state index contributed by atoms with van der Waals surface area (Å²) in [5, 5.41) is 11.5. The molecule has 192 valence electrons. The van der Waals surface area contributed by atoms with Crippen molar-refractivity contribution in [2.45, 2.75) is 63.9 Å². The Bertz CT molecular complexity index is 1300. The molecule has 2 aromatic carbocycles. The minimum atomic E-state index is -0.647. The summed E-state index contributed by atoms with van der Waals surface area (Å²) in [4.78, 5) is 38.0. The Hall–Kier alpha value is -3.87. The van der Waals surface area contributed by atoms with E-state index in [1.165, 1.54) is 0 Å². The largest absolute Gasteiger partial charge is 0.507 e. The molecule has 0 saturated heterocycles. The topological polar surface area (TPSA) is 99.1 Å². The summed E-state index contributed by atoms with van der Waals surface area (Å²) in [7, 11) is 0. The van der Waals surface area contributed by atoms with Crippen LogP contribution in [0.25, 0.3) is 12.2 Å². The van der Waals surface area contributed by atoms with Gasteiger partial charge in [0.25, 0.3) is 0 Å². The van der Waals surface area contributed by atoms with Crippen molar-refractivity contribution in [3.63, 3.8) is 0 Å². The van der Waals surface area contributed by atoms with Gasteiger partial charge in [-0.25, -0.2) is 4.79 Å². The Balaban J connectivity index is 1.58. The Morgan fingerprint density at radius 1 is 1.00 bits per heavy atom. The number of fused-ring (bicyclic) bond motifs is 3. The number of allylic oxidation sites excluding steroid dienone is 1. The number of hydrogen-bond donors (Lipinski definition) is 1. The lowest BCUT2D eigenvalue weighted by atomic mass is 9.82. The lowest BCUT2D eigenvalue weighted by Gasteiger charge is -2.30. The summed E-state index contributed by atoms with van der Waals surface area (Å²) in [5.41, 5.74) is 2.55. The first-order valence-corrected chi connectivity index (χ1v) is 12.8. The molecule has 0 aliphatic carbocycles. The molecular weight excluding hydrogens is 472 g/mol. The molecule has 1 N–H and O–H groups in total. The number of carbonyl (C=O) groups excluding carboxylic acids is 3. The Morgan fingerprint density at radius 3 is 2.68 bits per heavy atom. The summed E-state index contributed by atoms with van der Waals surface area (Å²) in [6, 6.07) is 9.23. The van der Waals surface area contributed by atoms with Crippen molar-refractivity contribution in [2.24, 2.45) is 0 Å². The second kappa shape index (κ2) is 10.6. The van der Waals surface area contributed by atoms with Crippen LogP contribution in [0.1, 0.15) is 84.8 Å². The highest BCUT2D eigenvalue weighted by Gasteiger charge is 2.37. The maximum Gasteiger partial charge on any atom is 0.342 e. The fourth-order valence-electron chi connectivity index (χ4n) is 5.17. The molecule has 7 nitrogen and oxygen atoms in total. The molecule has 0 spiro atoms. The van der Waals surface area contributed by atoms with Crippen LogP contribution in [-0.2, 0) is 14.3 Å². The number of rotatable bonds is 1. The quantitative estimate of drug-likeness (QED) is 0.392. The van der Waals surface area contributed by atoms with Crippen LogP contribution in [-0.4, -0.2) is 35.5 Å². The molecule has 2 atom stereocenters. The first kappa shape index (κ1) is 24.8. The molecule has 0 unspecified atom stereocenters. The molecule has 0 fully saturated rings. The number of phenolic OH excluding ortho intramolecular Hbond substituents is 1. The van der Waals surface area contributed by atoms with Crippen molar-refractivity contribution in [1.29, 1.82) is 0 Å². The average molecular weight is 503 g/mol. The van der Waals surface area contributed by atoms with Gasteiger partial charge in [0.1, 0.15) is 35.2 Å². The van der Waals surface area contributed by atoms with Crippen LogP contribution in [0, 0.1) is 0 Å². The zero-order chi connectivity index (χ0) is 25.9. The molecular formula is C30H30O7.